The highest BCUT2D eigenvalue weighted by Crippen LogP contribution is 2.48. The maximum Gasteiger partial charge on any atom is 0.408 e. The fourth-order valence-corrected chi connectivity index (χ4v) is 9.23. The fourth-order valence-electron chi connectivity index (χ4n) is 6.83. The highest BCUT2D eigenvalue weighted by atomic mass is 32.2. The van der Waals surface area contributed by atoms with Crippen LogP contribution in [-0.4, -0.2) is 102 Å². The Morgan fingerprint density at radius 3 is 2.61 bits per heavy atom. The lowest BCUT2D eigenvalue weighted by atomic mass is 10.1. The summed E-state index contributed by atoms with van der Waals surface area (Å²) in [6.07, 6.45) is 4.66. The molecule has 4 fully saturated rings. The number of sulfonamides is 1. The Morgan fingerprint density at radius 2 is 1.88 bits per heavy atom. The summed E-state index contributed by atoms with van der Waals surface area (Å²) in [5, 5.41) is 6.58. The lowest BCUT2D eigenvalue weighted by Gasteiger charge is -2.30. The number of hydrogen-bond donors (Lipinski definition) is 3. The van der Waals surface area contributed by atoms with Gasteiger partial charge in [0.05, 0.1) is 18.9 Å². The van der Waals surface area contributed by atoms with Crippen molar-refractivity contribution in [3.05, 3.63) is 30.5 Å². The molecule has 51 heavy (non-hydrogen) atoms. The molecule has 0 radical (unpaired) electrons. The number of fused-ring (bicyclic) bond motifs is 3. The van der Waals surface area contributed by atoms with Gasteiger partial charge in [-0.2, -0.15) is 11.8 Å². The highest BCUT2D eigenvalue weighted by Gasteiger charge is 2.62. The third-order valence-corrected chi connectivity index (χ3v) is 12.7. The number of nitrogens with zero attached hydrogens (tertiary/aromatic N) is 2. The number of nitrogens with one attached hydrogen (secondary N) is 3. The van der Waals surface area contributed by atoms with Crippen LogP contribution in [0.15, 0.2) is 30.5 Å². The van der Waals surface area contributed by atoms with E-state index in [-0.39, 0.29) is 24.6 Å². The van der Waals surface area contributed by atoms with Crippen LogP contribution in [0.1, 0.15) is 72.1 Å². The molecule has 4 amide bonds. The van der Waals surface area contributed by atoms with Crippen molar-refractivity contribution in [3.8, 4) is 11.6 Å². The molecule has 0 spiro atoms. The molecular weight excluding hydrogens is 699 g/mol. The molecule has 5 atom stereocenters. The number of carbonyl (C=O) groups excluding carboxylic acids is 4. The van der Waals surface area contributed by atoms with Crippen LogP contribution in [0.3, 0.4) is 0 Å². The van der Waals surface area contributed by atoms with Crippen molar-refractivity contribution in [1.29, 1.82) is 0 Å². The molecule has 6 rings (SSSR count). The zero-order valence-corrected chi connectivity index (χ0v) is 31.1. The van der Waals surface area contributed by atoms with Gasteiger partial charge in [-0.05, 0) is 94.2 Å². The fraction of sp³-hybridized carbons (Fsp3) is 0.629. The summed E-state index contributed by atoms with van der Waals surface area (Å²) in [5.41, 5.74) is -2.21. The van der Waals surface area contributed by atoms with E-state index in [1.165, 1.54) is 16.7 Å². The minimum Gasteiger partial charge on any atom is -0.497 e. The van der Waals surface area contributed by atoms with E-state index in [1.807, 2.05) is 18.2 Å². The number of rotatable bonds is 7. The maximum absolute atomic E-state index is 14.4. The van der Waals surface area contributed by atoms with Crippen molar-refractivity contribution in [3.63, 3.8) is 0 Å². The first-order chi connectivity index (χ1) is 24.2. The van der Waals surface area contributed by atoms with Gasteiger partial charge < -0.3 is 29.7 Å². The van der Waals surface area contributed by atoms with Crippen LogP contribution in [-0.2, 0) is 29.1 Å². The van der Waals surface area contributed by atoms with Crippen molar-refractivity contribution < 1.29 is 41.8 Å². The van der Waals surface area contributed by atoms with Crippen LogP contribution in [0.5, 0.6) is 11.6 Å². The van der Waals surface area contributed by atoms with Gasteiger partial charge in [0.25, 0.3) is 5.91 Å². The summed E-state index contributed by atoms with van der Waals surface area (Å²) in [4.78, 5) is 61.1. The van der Waals surface area contributed by atoms with Crippen molar-refractivity contribution >= 4 is 56.4 Å². The topological polar surface area (TPSA) is 182 Å². The van der Waals surface area contributed by atoms with E-state index in [0.717, 1.165) is 30.4 Å². The van der Waals surface area contributed by atoms with Crippen molar-refractivity contribution in [2.45, 2.75) is 107 Å². The van der Waals surface area contributed by atoms with Gasteiger partial charge in [-0.3, -0.25) is 19.1 Å². The molecule has 1 unspecified atom stereocenters. The lowest BCUT2D eigenvalue weighted by molar-refractivity contribution is -0.140. The summed E-state index contributed by atoms with van der Waals surface area (Å²) in [6, 6.07) is 5.20. The van der Waals surface area contributed by atoms with Gasteiger partial charge in [-0.1, -0.05) is 12.8 Å². The quantitative estimate of drug-likeness (QED) is 0.378. The number of ether oxygens (including phenoxy) is 3. The number of aromatic nitrogens is 1. The summed E-state index contributed by atoms with van der Waals surface area (Å²) in [5.74, 6) is -0.0954. The Balaban J connectivity index is 1.30. The summed E-state index contributed by atoms with van der Waals surface area (Å²) in [7, 11) is -2.28. The molecule has 0 bridgehead atoms. The average molecular weight is 746 g/mol. The maximum atomic E-state index is 14.4. The Morgan fingerprint density at radius 1 is 1.10 bits per heavy atom. The number of methoxy groups -OCH3 is 1. The van der Waals surface area contributed by atoms with Crippen molar-refractivity contribution in [2.24, 2.45) is 5.92 Å². The third kappa shape index (κ3) is 8.65. The van der Waals surface area contributed by atoms with E-state index in [4.69, 9.17) is 14.2 Å². The molecular formula is C35H47N5O9S2. The first-order valence-corrected chi connectivity index (χ1v) is 20.2. The van der Waals surface area contributed by atoms with E-state index in [0.29, 0.717) is 42.7 Å². The molecule has 2 aliphatic heterocycles. The van der Waals surface area contributed by atoms with Gasteiger partial charge in [0.2, 0.25) is 27.7 Å². The van der Waals surface area contributed by atoms with E-state index < -0.39 is 68.4 Å². The number of pyridine rings is 1. The second-order valence-corrected chi connectivity index (χ2v) is 18.0. The zero-order valence-electron chi connectivity index (χ0n) is 29.4. The molecule has 2 aromatic rings. The molecule has 14 nitrogen and oxygen atoms in total. The second-order valence-electron chi connectivity index (χ2n) is 14.8. The molecule has 278 valence electrons. The molecule has 1 aromatic heterocycles. The summed E-state index contributed by atoms with van der Waals surface area (Å²) < 4.78 is 45.1. The number of hydrogen-bond acceptors (Lipinski definition) is 11. The normalized spacial score (nSPS) is 27.6. The molecule has 2 aliphatic carbocycles. The average Bonchev–Trinajstić information content (AvgIpc) is 3.99. The largest absolute Gasteiger partial charge is 0.497 e. The van der Waals surface area contributed by atoms with Crippen molar-refractivity contribution in [1.82, 2.24) is 25.2 Å². The van der Waals surface area contributed by atoms with Crippen molar-refractivity contribution in [2.75, 3.05) is 25.2 Å². The number of amides is 4. The molecule has 2 saturated heterocycles. The monoisotopic (exact) mass is 745 g/mol. The third-order valence-electron chi connectivity index (χ3n) is 9.73. The van der Waals surface area contributed by atoms with Crippen LogP contribution in [0, 0.1) is 5.92 Å². The van der Waals surface area contributed by atoms with Gasteiger partial charge in [-0.15, -0.1) is 0 Å². The summed E-state index contributed by atoms with van der Waals surface area (Å²) in [6.45, 7) is 5.19. The van der Waals surface area contributed by atoms with Gasteiger partial charge in [0, 0.05) is 23.8 Å². The first-order valence-electron chi connectivity index (χ1n) is 17.5. The van der Waals surface area contributed by atoms with Crippen LogP contribution in [0.25, 0.3) is 10.8 Å². The second kappa shape index (κ2) is 14.7. The van der Waals surface area contributed by atoms with Crippen LogP contribution < -0.4 is 24.8 Å². The molecule has 3 heterocycles. The van der Waals surface area contributed by atoms with E-state index in [2.05, 4.69) is 20.3 Å². The molecule has 3 N–H and O–H groups in total. The predicted octanol–water partition coefficient (Wildman–Crippen LogP) is 3.28. The lowest BCUT2D eigenvalue weighted by Crippen LogP contribution is -2.58. The smallest absolute Gasteiger partial charge is 0.408 e. The van der Waals surface area contributed by atoms with E-state index >= 15 is 0 Å². The molecule has 1 aromatic carbocycles. The van der Waals surface area contributed by atoms with Gasteiger partial charge in [0.1, 0.15) is 35.1 Å². The summed E-state index contributed by atoms with van der Waals surface area (Å²) >= 11 is 1.53. The van der Waals surface area contributed by atoms with Gasteiger partial charge >= 0.3 is 6.09 Å². The van der Waals surface area contributed by atoms with Gasteiger partial charge in [0.15, 0.2) is 0 Å². The van der Waals surface area contributed by atoms with E-state index in [9.17, 15) is 27.6 Å². The Hall–Kier alpha value is -3.79. The standard InChI is InChI=1S/C35H47N5O9S2/c1-34(2,3)49-33(44)37-27-20-50-15-7-5-6-8-22-18-35(22,32(43)39-51(45,46)25-10-11-25)38-29(41)28-17-24(19-40(28)31(27)42)48-30-26-12-9-23(47-4)16-21(26)13-14-36-30/h9,12-14,16,22,24-25,27-28H,5-8,10-11,15,17-20H2,1-4H3,(H,37,44)(H,38,41)(H,39,43)/t22-,24-,27+,28?,35-/m1/s1. The van der Waals surface area contributed by atoms with Gasteiger partial charge in [-0.25, -0.2) is 18.2 Å². The number of alkyl carbamates (subject to hydrolysis) is 1. The Kier molecular flexibility index (Phi) is 10.6. The van der Waals surface area contributed by atoms with Crippen LogP contribution in [0.2, 0.25) is 0 Å². The number of thioether (sulfide) groups is 1. The molecule has 2 saturated carbocycles. The minimum absolute atomic E-state index is 0.000984. The minimum atomic E-state index is -3.86. The predicted molar refractivity (Wildman–Crippen MR) is 191 cm³/mol. The number of carbonyl (C=O) groups is 4. The van der Waals surface area contributed by atoms with Crippen LogP contribution in [0.4, 0.5) is 4.79 Å². The Labute approximate surface area is 302 Å². The SMILES string of the molecule is COc1ccc2c(O[C@@H]3CC4C(=O)N[C@]5(C(=O)NS(=O)(=O)C6CC6)C[C@H]5CCCCCSC[C@H](NC(=O)OC(C)(C)C)C(=O)N4C3)nccc2c1. The molecule has 16 heteroatoms. The van der Waals surface area contributed by atoms with E-state index in [1.54, 1.807) is 40.1 Å². The number of benzene rings is 1. The Bertz CT molecular complexity index is 1780. The van der Waals surface area contributed by atoms with Crippen LogP contribution >= 0.6 is 11.8 Å². The zero-order chi connectivity index (χ0) is 36.6. The first kappa shape index (κ1) is 37.0. The molecule has 4 aliphatic rings. The highest BCUT2D eigenvalue weighted by molar-refractivity contribution is 7.99.